The normalized spacial score (nSPS) is 17.0. The smallest absolute Gasteiger partial charge is 0.126 e. The van der Waals surface area contributed by atoms with Gasteiger partial charge in [0.25, 0.3) is 0 Å². The molecule has 21 heavy (non-hydrogen) atoms. The first-order valence-electron chi connectivity index (χ1n) is 6.97. The third-order valence-electron chi connectivity index (χ3n) is 3.56. The Bertz CT molecular complexity index is 404. The Morgan fingerprint density at radius 1 is 1.05 bits per heavy atom. The van der Waals surface area contributed by atoms with E-state index in [0.29, 0.717) is 5.92 Å². The van der Waals surface area contributed by atoms with Crippen LogP contribution in [0.15, 0.2) is 18.2 Å². The van der Waals surface area contributed by atoms with Crippen LogP contribution in [0.4, 0.5) is 8.78 Å². The van der Waals surface area contributed by atoms with Crippen LogP contribution in [0.2, 0.25) is 0 Å². The van der Waals surface area contributed by atoms with Gasteiger partial charge < -0.3 is 5.32 Å². The lowest BCUT2D eigenvalue weighted by atomic mass is 9.95. The molecule has 0 saturated carbocycles. The second kappa shape index (κ2) is 9.57. The highest BCUT2D eigenvalue weighted by molar-refractivity contribution is 5.85. The van der Waals surface area contributed by atoms with E-state index in [1.807, 2.05) is 0 Å². The molecule has 1 fully saturated rings. The molecule has 0 radical (unpaired) electrons. The maximum absolute atomic E-state index is 13.4. The van der Waals surface area contributed by atoms with Crippen molar-refractivity contribution in [2.45, 2.75) is 26.3 Å². The van der Waals surface area contributed by atoms with Gasteiger partial charge in [-0.25, -0.2) is 8.78 Å². The first kappa shape index (κ1) is 20.6. The third kappa shape index (κ3) is 6.07. The highest BCUT2D eigenvalue weighted by atomic mass is 35.5. The number of piperazine rings is 1. The number of nitrogens with zero attached hydrogens (tertiary/aromatic N) is 1. The lowest BCUT2D eigenvalue weighted by Gasteiger charge is -2.36. The quantitative estimate of drug-likeness (QED) is 0.896. The van der Waals surface area contributed by atoms with Gasteiger partial charge in [-0.05, 0) is 30.0 Å². The van der Waals surface area contributed by atoms with Crippen molar-refractivity contribution in [1.29, 1.82) is 0 Å². The second-order valence-electron chi connectivity index (χ2n) is 5.63. The van der Waals surface area contributed by atoms with Gasteiger partial charge in [0.1, 0.15) is 11.6 Å². The Morgan fingerprint density at radius 3 is 2.05 bits per heavy atom. The molecule has 1 atom stereocenters. The summed E-state index contributed by atoms with van der Waals surface area (Å²) >= 11 is 0. The molecule has 0 bridgehead atoms. The summed E-state index contributed by atoms with van der Waals surface area (Å²) in [7, 11) is 0. The average molecular weight is 341 g/mol. The number of hydrogen-bond donors (Lipinski definition) is 1. The van der Waals surface area contributed by atoms with E-state index in [9.17, 15) is 8.78 Å². The minimum absolute atomic E-state index is 0. The van der Waals surface area contributed by atoms with Crippen LogP contribution in [0, 0.1) is 17.6 Å². The predicted octanol–water partition coefficient (Wildman–Crippen LogP) is 3.80. The second-order valence-corrected chi connectivity index (χ2v) is 5.63. The van der Waals surface area contributed by atoms with Crippen LogP contribution >= 0.6 is 24.8 Å². The van der Waals surface area contributed by atoms with Crippen molar-refractivity contribution >= 4 is 24.8 Å². The van der Waals surface area contributed by atoms with E-state index in [4.69, 9.17) is 0 Å². The maximum atomic E-state index is 13.4. The molecule has 2 rings (SSSR count). The summed E-state index contributed by atoms with van der Waals surface area (Å²) in [5.41, 5.74) is 0.758. The van der Waals surface area contributed by atoms with Gasteiger partial charge in [-0.15, -0.1) is 24.8 Å². The van der Waals surface area contributed by atoms with Gasteiger partial charge in [0.05, 0.1) is 0 Å². The highest BCUT2D eigenvalue weighted by Gasteiger charge is 2.23. The molecular weight excluding hydrogens is 317 g/mol. The molecule has 1 saturated heterocycles. The van der Waals surface area contributed by atoms with Gasteiger partial charge in [-0.3, -0.25) is 4.90 Å². The van der Waals surface area contributed by atoms with Gasteiger partial charge in [0.15, 0.2) is 0 Å². The Kier molecular flexibility index (Phi) is 9.38. The van der Waals surface area contributed by atoms with Gasteiger partial charge in [-0.2, -0.15) is 0 Å². The van der Waals surface area contributed by atoms with E-state index < -0.39 is 11.6 Å². The summed E-state index contributed by atoms with van der Waals surface area (Å²) in [6.45, 7) is 8.01. The van der Waals surface area contributed by atoms with Gasteiger partial charge in [-0.1, -0.05) is 13.8 Å². The standard InChI is InChI=1S/C15H22F2N2.2ClH/c1-11(2)7-15(19-5-3-18-4-6-19)12-8-13(16)10-14(17)9-12;;/h8-11,15,18H,3-7H2,1-2H3;2*1H/t15-;;/m1../s1. The molecule has 0 aromatic heterocycles. The van der Waals surface area contributed by atoms with E-state index >= 15 is 0 Å². The van der Waals surface area contributed by atoms with Crippen molar-refractivity contribution in [3.05, 3.63) is 35.4 Å². The minimum atomic E-state index is -0.487. The van der Waals surface area contributed by atoms with E-state index in [1.165, 1.54) is 12.1 Å². The van der Waals surface area contributed by atoms with Crippen molar-refractivity contribution in [3.8, 4) is 0 Å². The fraction of sp³-hybridized carbons (Fsp3) is 0.600. The zero-order valence-electron chi connectivity index (χ0n) is 12.4. The van der Waals surface area contributed by atoms with Crippen LogP contribution in [-0.2, 0) is 0 Å². The van der Waals surface area contributed by atoms with Crippen molar-refractivity contribution in [2.24, 2.45) is 5.92 Å². The van der Waals surface area contributed by atoms with Gasteiger partial charge in [0.2, 0.25) is 0 Å². The van der Waals surface area contributed by atoms with Crippen LogP contribution in [0.3, 0.4) is 0 Å². The zero-order valence-corrected chi connectivity index (χ0v) is 14.1. The fourth-order valence-electron chi connectivity index (χ4n) is 2.70. The number of halogens is 4. The van der Waals surface area contributed by atoms with E-state index in [2.05, 4.69) is 24.1 Å². The Labute approximate surface area is 138 Å². The first-order chi connectivity index (χ1) is 9.06. The van der Waals surface area contributed by atoms with Crippen molar-refractivity contribution in [3.63, 3.8) is 0 Å². The molecule has 1 aromatic rings. The molecule has 1 heterocycles. The first-order valence-corrected chi connectivity index (χ1v) is 6.97. The molecule has 1 aromatic carbocycles. The summed E-state index contributed by atoms with van der Waals surface area (Å²) in [5.74, 6) is -0.482. The van der Waals surface area contributed by atoms with Crippen molar-refractivity contribution in [1.82, 2.24) is 10.2 Å². The SMILES string of the molecule is CC(C)C[C@H](c1cc(F)cc(F)c1)N1CCNCC1.Cl.Cl. The highest BCUT2D eigenvalue weighted by Crippen LogP contribution is 2.29. The molecule has 0 aliphatic carbocycles. The molecular formula is C15H24Cl2F2N2. The summed E-state index contributed by atoms with van der Waals surface area (Å²) in [6.07, 6.45) is 0.920. The minimum Gasteiger partial charge on any atom is -0.314 e. The number of hydrogen-bond acceptors (Lipinski definition) is 2. The van der Waals surface area contributed by atoms with Crippen LogP contribution in [-0.4, -0.2) is 31.1 Å². The molecule has 0 amide bonds. The molecule has 1 N–H and O–H groups in total. The lowest BCUT2D eigenvalue weighted by molar-refractivity contribution is 0.153. The average Bonchev–Trinajstić information content (AvgIpc) is 2.35. The molecule has 6 heteroatoms. The molecule has 2 nitrogen and oxygen atoms in total. The van der Waals surface area contributed by atoms with E-state index in [1.54, 1.807) is 0 Å². The molecule has 1 aliphatic rings. The van der Waals surface area contributed by atoms with E-state index in [-0.39, 0.29) is 30.9 Å². The Hall–Kier alpha value is -0.420. The molecule has 0 unspecified atom stereocenters. The van der Waals surface area contributed by atoms with Crippen LogP contribution in [0.5, 0.6) is 0 Å². The number of benzene rings is 1. The maximum Gasteiger partial charge on any atom is 0.126 e. The fourth-order valence-corrected chi connectivity index (χ4v) is 2.70. The van der Waals surface area contributed by atoms with Crippen LogP contribution in [0.25, 0.3) is 0 Å². The van der Waals surface area contributed by atoms with Crippen molar-refractivity contribution in [2.75, 3.05) is 26.2 Å². The molecule has 122 valence electrons. The monoisotopic (exact) mass is 340 g/mol. The van der Waals surface area contributed by atoms with E-state index in [0.717, 1.165) is 44.2 Å². The molecule has 1 aliphatic heterocycles. The third-order valence-corrected chi connectivity index (χ3v) is 3.56. The van der Waals surface area contributed by atoms with Gasteiger partial charge in [0, 0.05) is 38.3 Å². The summed E-state index contributed by atoms with van der Waals surface area (Å²) in [5, 5.41) is 3.31. The van der Waals surface area contributed by atoms with Gasteiger partial charge >= 0.3 is 0 Å². The van der Waals surface area contributed by atoms with Crippen LogP contribution in [0.1, 0.15) is 31.9 Å². The zero-order chi connectivity index (χ0) is 13.8. The molecule has 0 spiro atoms. The largest absolute Gasteiger partial charge is 0.314 e. The number of nitrogens with one attached hydrogen (secondary N) is 1. The lowest BCUT2D eigenvalue weighted by Crippen LogP contribution is -2.45. The Morgan fingerprint density at radius 2 is 1.57 bits per heavy atom. The summed E-state index contributed by atoms with van der Waals surface area (Å²) in [4.78, 5) is 2.32. The predicted molar refractivity (Wildman–Crippen MR) is 87.5 cm³/mol. The summed E-state index contributed by atoms with van der Waals surface area (Å²) in [6, 6.07) is 3.98. The van der Waals surface area contributed by atoms with Crippen molar-refractivity contribution < 1.29 is 8.78 Å². The summed E-state index contributed by atoms with van der Waals surface area (Å²) < 4.78 is 26.8. The number of rotatable bonds is 4. The Balaban J connectivity index is 0.00000200. The topological polar surface area (TPSA) is 15.3 Å². The van der Waals surface area contributed by atoms with Crippen LogP contribution < -0.4 is 5.32 Å².